The standard InChI is InChI=1S/C32H20Si/c1-5-25-9-17-29(18-10-25)33(30-19-11-26(6-2)12-20-30,31-21-13-27(7-3)14-22-31)32-23-15-28(8-4)16-24-32/h1-4,9-24H. The molecule has 0 aliphatic carbocycles. The van der Waals surface area contributed by atoms with Crippen molar-refractivity contribution in [3.63, 3.8) is 0 Å². The number of terminal acetylenes is 4. The van der Waals surface area contributed by atoms with E-state index in [-0.39, 0.29) is 0 Å². The predicted octanol–water partition coefficient (Wildman–Crippen LogP) is 2.99. The molecular formula is C32H20Si. The highest BCUT2D eigenvalue weighted by Crippen LogP contribution is 2.12. The summed E-state index contributed by atoms with van der Waals surface area (Å²) >= 11 is 0. The maximum absolute atomic E-state index is 5.64. The van der Waals surface area contributed by atoms with Crippen molar-refractivity contribution in [3.05, 3.63) is 119 Å². The summed E-state index contributed by atoms with van der Waals surface area (Å²) in [6, 6.07) is 33.1. The first-order chi connectivity index (χ1) is 16.1. The molecule has 0 N–H and O–H groups in total. The van der Waals surface area contributed by atoms with E-state index in [0.717, 1.165) is 22.3 Å². The number of hydrogen-bond acceptors (Lipinski definition) is 0. The Kier molecular flexibility index (Phi) is 6.03. The SMILES string of the molecule is C#Cc1ccc([Si](c2ccc(C#C)cc2)(c2ccc(C#C)cc2)c2ccc(C#C)cc2)cc1. The molecule has 0 saturated heterocycles. The summed E-state index contributed by atoms with van der Waals surface area (Å²) in [5.41, 5.74) is 3.37. The van der Waals surface area contributed by atoms with Crippen LogP contribution in [0.5, 0.6) is 0 Å². The summed E-state index contributed by atoms with van der Waals surface area (Å²) in [5.74, 6) is 10.9. The van der Waals surface area contributed by atoms with Gasteiger partial charge in [0.2, 0.25) is 0 Å². The van der Waals surface area contributed by atoms with Crippen LogP contribution in [0.25, 0.3) is 0 Å². The van der Waals surface area contributed by atoms with Gasteiger partial charge in [-0.1, -0.05) is 72.2 Å². The molecule has 0 amide bonds. The van der Waals surface area contributed by atoms with E-state index >= 15 is 0 Å². The van der Waals surface area contributed by atoms with Crippen molar-refractivity contribution in [3.8, 4) is 49.4 Å². The predicted molar refractivity (Wildman–Crippen MR) is 142 cm³/mol. The fourth-order valence-electron chi connectivity index (χ4n) is 4.27. The Morgan fingerprint density at radius 1 is 0.333 bits per heavy atom. The molecule has 0 atom stereocenters. The molecule has 0 fully saturated rings. The highest BCUT2D eigenvalue weighted by atomic mass is 28.3. The van der Waals surface area contributed by atoms with Crippen molar-refractivity contribution in [2.24, 2.45) is 0 Å². The zero-order valence-electron chi connectivity index (χ0n) is 18.0. The molecule has 0 nitrogen and oxygen atoms in total. The van der Waals surface area contributed by atoms with Crippen molar-refractivity contribution >= 4 is 28.8 Å². The molecule has 33 heavy (non-hydrogen) atoms. The van der Waals surface area contributed by atoms with Gasteiger partial charge in [0.15, 0.2) is 8.07 Å². The lowest BCUT2D eigenvalue weighted by molar-refractivity contribution is 1.61. The van der Waals surface area contributed by atoms with Gasteiger partial charge in [0.1, 0.15) is 0 Å². The van der Waals surface area contributed by atoms with Crippen LogP contribution in [0.3, 0.4) is 0 Å². The van der Waals surface area contributed by atoms with Gasteiger partial charge in [0, 0.05) is 22.3 Å². The summed E-state index contributed by atoms with van der Waals surface area (Å²) in [5, 5.41) is 4.82. The molecule has 0 spiro atoms. The van der Waals surface area contributed by atoms with Crippen molar-refractivity contribution in [2.45, 2.75) is 0 Å². The Bertz CT molecular complexity index is 1210. The van der Waals surface area contributed by atoms with E-state index in [1.165, 1.54) is 20.7 Å². The highest BCUT2D eigenvalue weighted by molar-refractivity contribution is 7.19. The van der Waals surface area contributed by atoms with Gasteiger partial charge in [0.05, 0.1) is 0 Å². The zero-order chi connectivity index (χ0) is 23.3. The second-order valence-corrected chi connectivity index (χ2v) is 11.4. The van der Waals surface area contributed by atoms with Gasteiger partial charge in [-0.3, -0.25) is 0 Å². The zero-order valence-corrected chi connectivity index (χ0v) is 19.0. The van der Waals surface area contributed by atoms with Gasteiger partial charge in [0.25, 0.3) is 0 Å². The Balaban J connectivity index is 2.11. The molecule has 1 heteroatoms. The number of benzene rings is 4. The van der Waals surface area contributed by atoms with E-state index in [0.29, 0.717) is 0 Å². The van der Waals surface area contributed by atoms with E-state index in [4.69, 9.17) is 25.7 Å². The molecule has 0 aromatic heterocycles. The second kappa shape index (κ2) is 9.23. The second-order valence-electron chi connectivity index (χ2n) is 7.64. The van der Waals surface area contributed by atoms with Gasteiger partial charge >= 0.3 is 0 Å². The van der Waals surface area contributed by atoms with Gasteiger partial charge < -0.3 is 0 Å². The average molecular weight is 433 g/mol. The van der Waals surface area contributed by atoms with Crippen LogP contribution in [-0.2, 0) is 0 Å². The summed E-state index contributed by atoms with van der Waals surface area (Å²) in [6.07, 6.45) is 22.6. The first kappa shape index (κ1) is 21.6. The maximum atomic E-state index is 5.64. The molecule has 4 rings (SSSR count). The van der Waals surface area contributed by atoms with E-state index in [2.05, 4.69) is 72.2 Å². The smallest absolute Gasteiger partial charge is 0.115 e. The lowest BCUT2D eigenvalue weighted by Gasteiger charge is -2.34. The fourth-order valence-corrected chi connectivity index (χ4v) is 8.93. The highest BCUT2D eigenvalue weighted by Gasteiger charge is 2.41. The van der Waals surface area contributed by atoms with Crippen LogP contribution >= 0.6 is 0 Å². The molecule has 4 aromatic carbocycles. The van der Waals surface area contributed by atoms with E-state index in [1.807, 2.05) is 48.5 Å². The van der Waals surface area contributed by atoms with Crippen LogP contribution in [0, 0.1) is 49.4 Å². The quantitative estimate of drug-likeness (QED) is 0.264. The minimum Gasteiger partial charge on any atom is -0.115 e. The van der Waals surface area contributed by atoms with E-state index < -0.39 is 8.07 Å². The minimum atomic E-state index is -2.72. The Labute approximate surface area is 197 Å². The molecule has 0 aliphatic rings. The molecule has 152 valence electrons. The maximum Gasteiger partial charge on any atom is 0.179 e. The van der Waals surface area contributed by atoms with Gasteiger partial charge in [-0.25, -0.2) is 0 Å². The van der Waals surface area contributed by atoms with E-state index in [1.54, 1.807) is 0 Å². The minimum absolute atomic E-state index is 0.842. The Morgan fingerprint density at radius 3 is 0.667 bits per heavy atom. The van der Waals surface area contributed by atoms with Crippen LogP contribution < -0.4 is 20.7 Å². The molecule has 4 aromatic rings. The van der Waals surface area contributed by atoms with Crippen LogP contribution in [0.2, 0.25) is 0 Å². The Hall–Kier alpha value is -4.66. The summed E-state index contributed by atoms with van der Waals surface area (Å²) in [4.78, 5) is 0. The van der Waals surface area contributed by atoms with Crippen LogP contribution in [0.4, 0.5) is 0 Å². The molecule has 0 heterocycles. The molecule has 0 saturated carbocycles. The van der Waals surface area contributed by atoms with Crippen molar-refractivity contribution in [1.82, 2.24) is 0 Å². The molecule has 0 radical (unpaired) electrons. The van der Waals surface area contributed by atoms with Gasteiger partial charge in [-0.15, -0.1) is 25.7 Å². The largest absolute Gasteiger partial charge is 0.179 e. The fraction of sp³-hybridized carbons (Fsp3) is 0. The number of rotatable bonds is 4. The average Bonchev–Trinajstić information content (AvgIpc) is 2.90. The topological polar surface area (TPSA) is 0 Å². The molecule has 0 unspecified atom stereocenters. The summed E-state index contributed by atoms with van der Waals surface area (Å²) in [6.45, 7) is 0. The van der Waals surface area contributed by atoms with Crippen LogP contribution in [-0.4, -0.2) is 8.07 Å². The third-order valence-electron chi connectivity index (χ3n) is 5.94. The monoisotopic (exact) mass is 432 g/mol. The lowest BCUT2D eigenvalue weighted by atomic mass is 10.2. The molecule has 0 bridgehead atoms. The normalized spacial score (nSPS) is 10.3. The van der Waals surface area contributed by atoms with Crippen LogP contribution in [0.15, 0.2) is 97.1 Å². The Morgan fingerprint density at radius 2 is 0.515 bits per heavy atom. The third kappa shape index (κ3) is 3.87. The number of hydrogen-bond donors (Lipinski definition) is 0. The van der Waals surface area contributed by atoms with E-state index in [9.17, 15) is 0 Å². The van der Waals surface area contributed by atoms with Crippen molar-refractivity contribution < 1.29 is 0 Å². The van der Waals surface area contributed by atoms with Crippen molar-refractivity contribution in [1.29, 1.82) is 0 Å². The summed E-state index contributed by atoms with van der Waals surface area (Å²) < 4.78 is 0. The molecule has 0 aliphatic heterocycles. The van der Waals surface area contributed by atoms with Crippen molar-refractivity contribution in [2.75, 3.05) is 0 Å². The first-order valence-electron chi connectivity index (χ1n) is 10.4. The summed E-state index contributed by atoms with van der Waals surface area (Å²) in [7, 11) is -2.72. The first-order valence-corrected chi connectivity index (χ1v) is 12.4. The van der Waals surface area contributed by atoms with Crippen LogP contribution in [0.1, 0.15) is 22.3 Å². The third-order valence-corrected chi connectivity index (χ3v) is 10.7. The van der Waals surface area contributed by atoms with Gasteiger partial charge in [-0.2, -0.15) is 0 Å². The lowest BCUT2D eigenvalue weighted by Crippen LogP contribution is -2.74. The molecular weight excluding hydrogens is 412 g/mol. The van der Waals surface area contributed by atoms with Gasteiger partial charge in [-0.05, 0) is 69.3 Å².